The van der Waals surface area contributed by atoms with Crippen molar-refractivity contribution in [1.82, 2.24) is 14.9 Å². The summed E-state index contributed by atoms with van der Waals surface area (Å²) in [5.41, 5.74) is -3.81. The average Bonchev–Trinajstić information content (AvgIpc) is 3.52. The SMILES string of the molecule is CC(C)c1nc(OCc2ccccc2)c(O)c(C(=O)N(CCO[Si](C)(C)C(C)(C)C)CC2(c3cc(C(F)(F)F)cc(C(F)(F)F)c3)CCCC2)n1. The van der Waals surface area contributed by atoms with Crippen molar-refractivity contribution >= 4 is 14.2 Å². The molecule has 4 rings (SSSR count). The Morgan fingerprint density at radius 1 is 0.941 bits per heavy atom. The summed E-state index contributed by atoms with van der Waals surface area (Å²) in [5, 5.41) is 11.2. The molecule has 0 atom stereocenters. The van der Waals surface area contributed by atoms with Crippen molar-refractivity contribution in [3.05, 3.63) is 82.3 Å². The number of alkyl halides is 6. The lowest BCUT2D eigenvalue weighted by molar-refractivity contribution is -0.143. The minimum atomic E-state index is -5.03. The van der Waals surface area contributed by atoms with Gasteiger partial charge in [0.1, 0.15) is 12.4 Å². The van der Waals surface area contributed by atoms with Crippen LogP contribution in [0.4, 0.5) is 26.3 Å². The van der Waals surface area contributed by atoms with Gasteiger partial charge < -0.3 is 19.2 Å². The first kappa shape index (κ1) is 40.1. The first-order chi connectivity index (χ1) is 23.5. The maximum atomic E-state index is 14.5. The molecule has 0 saturated heterocycles. The van der Waals surface area contributed by atoms with E-state index in [2.05, 4.69) is 9.97 Å². The Hall–Kier alpha value is -3.65. The maximum Gasteiger partial charge on any atom is 0.416 e. The van der Waals surface area contributed by atoms with Crippen LogP contribution in [0.2, 0.25) is 18.1 Å². The first-order valence-corrected chi connectivity index (χ1v) is 20.0. The fraction of sp³-hybridized carbons (Fsp3) is 0.541. The molecule has 2 aromatic carbocycles. The molecule has 1 aliphatic rings. The number of halogens is 6. The average molecular weight is 740 g/mol. The Morgan fingerprint density at radius 3 is 2.02 bits per heavy atom. The van der Waals surface area contributed by atoms with Gasteiger partial charge in [-0.15, -0.1) is 0 Å². The van der Waals surface area contributed by atoms with Gasteiger partial charge >= 0.3 is 12.4 Å². The zero-order valence-corrected chi connectivity index (χ0v) is 31.1. The van der Waals surface area contributed by atoms with E-state index in [1.54, 1.807) is 13.8 Å². The molecule has 1 N–H and O–H groups in total. The van der Waals surface area contributed by atoms with Crippen LogP contribution in [-0.2, 0) is 28.8 Å². The van der Waals surface area contributed by atoms with Gasteiger partial charge in [-0.05, 0) is 60.3 Å². The summed E-state index contributed by atoms with van der Waals surface area (Å²) in [6, 6.07) is 10.8. The lowest BCUT2D eigenvalue weighted by atomic mass is 9.77. The molecule has 0 radical (unpaired) electrons. The van der Waals surface area contributed by atoms with E-state index in [0.717, 1.165) is 17.7 Å². The van der Waals surface area contributed by atoms with Crippen LogP contribution < -0.4 is 4.74 Å². The minimum absolute atomic E-state index is 0.0286. The van der Waals surface area contributed by atoms with Crippen molar-refractivity contribution in [2.75, 3.05) is 19.7 Å². The maximum absolute atomic E-state index is 14.5. The van der Waals surface area contributed by atoms with Crippen LogP contribution in [-0.4, -0.2) is 53.9 Å². The molecule has 280 valence electrons. The number of hydrogen-bond donors (Lipinski definition) is 1. The Bertz CT molecular complexity index is 1640. The molecule has 0 aliphatic heterocycles. The van der Waals surface area contributed by atoms with Gasteiger partial charge in [-0.1, -0.05) is 77.8 Å². The van der Waals surface area contributed by atoms with Gasteiger partial charge in [-0.3, -0.25) is 4.79 Å². The number of hydrogen-bond acceptors (Lipinski definition) is 6. The van der Waals surface area contributed by atoms with Gasteiger partial charge in [0.05, 0.1) is 17.7 Å². The molecular formula is C37H47F6N3O4Si. The van der Waals surface area contributed by atoms with E-state index in [0.29, 0.717) is 12.8 Å². The predicted octanol–water partition coefficient (Wildman–Crippen LogP) is 9.90. The highest BCUT2D eigenvalue weighted by atomic mass is 28.4. The van der Waals surface area contributed by atoms with Gasteiger partial charge in [-0.2, -0.15) is 31.3 Å². The van der Waals surface area contributed by atoms with E-state index in [-0.39, 0.29) is 79.1 Å². The smallest absolute Gasteiger partial charge is 0.416 e. The van der Waals surface area contributed by atoms with Crippen molar-refractivity contribution in [3.63, 3.8) is 0 Å². The third-order valence-electron chi connectivity index (χ3n) is 9.98. The third-order valence-corrected chi connectivity index (χ3v) is 14.5. The first-order valence-electron chi connectivity index (χ1n) is 17.0. The van der Waals surface area contributed by atoms with Crippen LogP contribution in [0.3, 0.4) is 0 Å². The lowest BCUT2D eigenvalue weighted by Gasteiger charge is -2.39. The number of carbonyl (C=O) groups excluding carboxylic acids is 1. The van der Waals surface area contributed by atoms with Crippen molar-refractivity contribution in [2.24, 2.45) is 0 Å². The van der Waals surface area contributed by atoms with Gasteiger partial charge in [0.15, 0.2) is 14.0 Å². The summed E-state index contributed by atoms with van der Waals surface area (Å²) >= 11 is 0. The Balaban J connectivity index is 1.81. The predicted molar refractivity (Wildman–Crippen MR) is 184 cm³/mol. The van der Waals surface area contributed by atoms with Crippen molar-refractivity contribution in [3.8, 4) is 11.6 Å². The Labute approximate surface area is 296 Å². The molecular weight excluding hydrogens is 692 g/mol. The molecule has 1 saturated carbocycles. The number of ether oxygens (including phenoxy) is 1. The molecule has 0 bridgehead atoms. The molecule has 1 fully saturated rings. The summed E-state index contributed by atoms with van der Waals surface area (Å²) in [6.45, 7) is 13.6. The number of nitrogens with zero attached hydrogens (tertiary/aromatic N) is 3. The summed E-state index contributed by atoms with van der Waals surface area (Å²) in [6.07, 6.45) is -8.49. The monoisotopic (exact) mass is 739 g/mol. The summed E-state index contributed by atoms with van der Waals surface area (Å²) in [7, 11) is -2.34. The number of aromatic nitrogens is 2. The van der Waals surface area contributed by atoms with Crippen molar-refractivity contribution in [1.29, 1.82) is 0 Å². The second-order valence-electron chi connectivity index (χ2n) is 15.1. The minimum Gasteiger partial charge on any atom is -0.501 e. The highest BCUT2D eigenvalue weighted by Crippen LogP contribution is 2.46. The van der Waals surface area contributed by atoms with E-state index < -0.39 is 48.9 Å². The fourth-order valence-corrected chi connectivity index (χ4v) is 6.97. The van der Waals surface area contributed by atoms with Crippen LogP contribution >= 0.6 is 0 Å². The number of benzene rings is 2. The molecule has 1 heterocycles. The molecule has 0 unspecified atom stereocenters. The van der Waals surface area contributed by atoms with E-state index in [1.807, 2.05) is 64.2 Å². The Kier molecular flexibility index (Phi) is 11.9. The van der Waals surface area contributed by atoms with E-state index in [1.165, 1.54) is 4.90 Å². The lowest BCUT2D eigenvalue weighted by Crippen LogP contribution is -2.47. The standard InChI is InChI=1S/C37H47F6N3O4Si/c1-24(2)31-44-29(30(47)32(45-31)49-22-25-13-9-8-10-14-25)33(48)46(17-18-50-51(6,7)34(3,4)5)23-35(15-11-12-16-35)26-19-27(36(38,39)40)21-28(20-26)37(41,42)43/h8-10,13-14,19-21,24,47H,11-12,15-18,22-23H2,1-7H3. The molecule has 0 spiro atoms. The van der Waals surface area contributed by atoms with Crippen LogP contribution in [0.1, 0.15) is 105 Å². The largest absolute Gasteiger partial charge is 0.501 e. The molecule has 14 heteroatoms. The quantitative estimate of drug-likeness (QED) is 0.147. The fourth-order valence-electron chi connectivity index (χ4n) is 5.93. The van der Waals surface area contributed by atoms with E-state index >= 15 is 0 Å². The van der Waals surface area contributed by atoms with Gasteiger partial charge in [0.25, 0.3) is 11.8 Å². The van der Waals surface area contributed by atoms with E-state index in [9.17, 15) is 36.2 Å². The zero-order valence-electron chi connectivity index (χ0n) is 30.1. The molecule has 1 aromatic heterocycles. The van der Waals surface area contributed by atoms with Crippen LogP contribution in [0.15, 0.2) is 48.5 Å². The van der Waals surface area contributed by atoms with Crippen molar-refractivity contribution < 1.29 is 45.4 Å². The Morgan fingerprint density at radius 2 is 1.51 bits per heavy atom. The van der Waals surface area contributed by atoms with Gasteiger partial charge in [-0.25, -0.2) is 4.98 Å². The zero-order chi connectivity index (χ0) is 38.0. The second kappa shape index (κ2) is 15.1. The topological polar surface area (TPSA) is 84.8 Å². The summed E-state index contributed by atoms with van der Waals surface area (Å²) < 4.78 is 96.2. The highest BCUT2D eigenvalue weighted by Gasteiger charge is 2.44. The number of amides is 1. The summed E-state index contributed by atoms with van der Waals surface area (Å²) in [4.78, 5) is 24.6. The molecule has 3 aromatic rings. The molecule has 1 amide bonds. The number of rotatable bonds is 12. The third kappa shape index (κ3) is 9.62. The molecule has 51 heavy (non-hydrogen) atoms. The van der Waals surface area contributed by atoms with Crippen molar-refractivity contribution in [2.45, 2.75) is 109 Å². The van der Waals surface area contributed by atoms with Crippen LogP contribution in [0.5, 0.6) is 11.6 Å². The van der Waals surface area contributed by atoms with Crippen LogP contribution in [0, 0.1) is 0 Å². The van der Waals surface area contributed by atoms with Gasteiger partial charge in [0, 0.05) is 24.4 Å². The second-order valence-corrected chi connectivity index (χ2v) is 19.9. The van der Waals surface area contributed by atoms with E-state index in [4.69, 9.17) is 9.16 Å². The highest BCUT2D eigenvalue weighted by molar-refractivity contribution is 6.74. The normalized spacial score (nSPS) is 15.3. The molecule has 7 nitrogen and oxygen atoms in total. The molecule has 1 aliphatic carbocycles. The number of carbonyl (C=O) groups is 1. The number of aromatic hydroxyl groups is 1. The van der Waals surface area contributed by atoms with Gasteiger partial charge in [0.2, 0.25) is 5.75 Å². The van der Waals surface area contributed by atoms with Crippen LogP contribution in [0.25, 0.3) is 0 Å². The summed E-state index contributed by atoms with van der Waals surface area (Å²) in [5.74, 6) is -1.69.